The molecule has 2 atom stereocenters. The number of nitrogens with zero attached hydrogens (tertiary/aromatic N) is 1. The molecule has 0 radical (unpaired) electrons. The van der Waals surface area contributed by atoms with Crippen LogP contribution < -0.4 is 0 Å². The quantitative estimate of drug-likeness (QED) is 0.621. The molecule has 0 N–H and O–H groups in total. The van der Waals surface area contributed by atoms with E-state index < -0.39 is 0 Å². The topological polar surface area (TPSA) is 12.5 Å². The van der Waals surface area contributed by atoms with Crippen molar-refractivity contribution < 1.29 is 4.74 Å². The maximum absolute atomic E-state index is 5.24. The third-order valence-corrected chi connectivity index (χ3v) is 4.78. The minimum atomic E-state index is 0.774. The molecule has 17 heavy (non-hydrogen) atoms. The second kappa shape index (κ2) is 9.23. The molecule has 0 aliphatic carbocycles. The van der Waals surface area contributed by atoms with E-state index in [2.05, 4.69) is 30.5 Å². The van der Waals surface area contributed by atoms with Crippen molar-refractivity contribution in [2.24, 2.45) is 5.92 Å². The summed E-state index contributed by atoms with van der Waals surface area (Å²) in [5.41, 5.74) is 0. The van der Waals surface area contributed by atoms with E-state index in [1.165, 1.54) is 51.1 Å². The summed E-state index contributed by atoms with van der Waals surface area (Å²) >= 11 is 2.12. The number of hydrogen-bond donors (Lipinski definition) is 0. The van der Waals surface area contributed by atoms with Gasteiger partial charge >= 0.3 is 0 Å². The summed E-state index contributed by atoms with van der Waals surface area (Å²) in [5, 5.41) is 0.834. The van der Waals surface area contributed by atoms with Crippen LogP contribution in [-0.2, 0) is 4.74 Å². The summed E-state index contributed by atoms with van der Waals surface area (Å²) in [6.07, 6.45) is 5.31. The lowest BCUT2D eigenvalue weighted by atomic mass is 10.00. The van der Waals surface area contributed by atoms with Crippen molar-refractivity contribution in [1.29, 1.82) is 0 Å². The largest absolute Gasteiger partial charge is 0.384 e. The van der Waals surface area contributed by atoms with Crippen molar-refractivity contribution in [3.05, 3.63) is 0 Å². The Kier molecular flexibility index (Phi) is 8.33. The van der Waals surface area contributed by atoms with Gasteiger partial charge in [-0.2, -0.15) is 11.8 Å². The maximum atomic E-state index is 5.24. The number of hydrogen-bond acceptors (Lipinski definition) is 3. The highest BCUT2D eigenvalue weighted by molar-refractivity contribution is 7.99. The Hall–Kier alpha value is 0.270. The number of rotatable bonds is 8. The van der Waals surface area contributed by atoms with Crippen molar-refractivity contribution >= 4 is 11.8 Å². The van der Waals surface area contributed by atoms with Crippen LogP contribution in [0.2, 0.25) is 0 Å². The molecule has 0 bridgehead atoms. The summed E-state index contributed by atoms with van der Waals surface area (Å²) in [7, 11) is 1.81. The average Bonchev–Trinajstić information content (AvgIpc) is 2.33. The summed E-state index contributed by atoms with van der Waals surface area (Å²) < 4.78 is 5.24. The van der Waals surface area contributed by atoms with Crippen molar-refractivity contribution in [1.82, 2.24) is 4.90 Å². The van der Waals surface area contributed by atoms with E-state index in [0.29, 0.717) is 0 Å². The predicted molar refractivity (Wildman–Crippen MR) is 77.9 cm³/mol. The molecule has 0 spiro atoms. The molecule has 1 saturated heterocycles. The standard InChI is InChI=1S/C14H29NOS/c1-4-14(12-16-3)7-5-6-8-15-9-10-17-13(2)11-15/h13-14H,4-12H2,1-3H3. The van der Waals surface area contributed by atoms with E-state index in [4.69, 9.17) is 4.74 Å². The first-order valence-corrected chi connectivity index (χ1v) is 8.14. The van der Waals surface area contributed by atoms with Crippen LogP contribution >= 0.6 is 11.8 Å². The third kappa shape index (κ3) is 6.68. The highest BCUT2D eigenvalue weighted by Crippen LogP contribution is 2.19. The lowest BCUT2D eigenvalue weighted by Crippen LogP contribution is -2.37. The van der Waals surface area contributed by atoms with Crippen molar-refractivity contribution in [2.45, 2.75) is 44.8 Å². The maximum Gasteiger partial charge on any atom is 0.0490 e. The number of thioether (sulfide) groups is 1. The Balaban J connectivity index is 2.02. The van der Waals surface area contributed by atoms with Crippen LogP contribution in [0.5, 0.6) is 0 Å². The molecule has 0 aromatic rings. The molecule has 0 saturated carbocycles. The van der Waals surface area contributed by atoms with Gasteiger partial charge in [-0.05, 0) is 25.3 Å². The number of ether oxygens (including phenoxy) is 1. The molecule has 0 aromatic heterocycles. The number of unbranched alkanes of at least 4 members (excludes halogenated alkanes) is 1. The smallest absolute Gasteiger partial charge is 0.0490 e. The van der Waals surface area contributed by atoms with Gasteiger partial charge in [0.15, 0.2) is 0 Å². The monoisotopic (exact) mass is 259 g/mol. The Morgan fingerprint density at radius 1 is 1.41 bits per heavy atom. The van der Waals surface area contributed by atoms with Gasteiger partial charge in [-0.3, -0.25) is 0 Å². The first kappa shape index (κ1) is 15.3. The van der Waals surface area contributed by atoms with Crippen molar-refractivity contribution in [2.75, 3.05) is 39.1 Å². The van der Waals surface area contributed by atoms with Gasteiger partial charge in [0.2, 0.25) is 0 Å². The second-order valence-electron chi connectivity index (χ2n) is 5.21. The molecular weight excluding hydrogens is 230 g/mol. The Bertz CT molecular complexity index is 189. The van der Waals surface area contributed by atoms with E-state index >= 15 is 0 Å². The summed E-state index contributed by atoms with van der Waals surface area (Å²) in [6.45, 7) is 9.45. The van der Waals surface area contributed by atoms with E-state index in [-0.39, 0.29) is 0 Å². The molecule has 3 heteroatoms. The molecule has 1 fully saturated rings. The normalized spacial score (nSPS) is 23.8. The summed E-state index contributed by atoms with van der Waals surface area (Å²) in [4.78, 5) is 2.64. The van der Waals surface area contributed by atoms with Crippen LogP contribution in [0.3, 0.4) is 0 Å². The van der Waals surface area contributed by atoms with Gasteiger partial charge in [0.25, 0.3) is 0 Å². The minimum absolute atomic E-state index is 0.774. The molecule has 0 amide bonds. The Morgan fingerprint density at radius 2 is 2.24 bits per heavy atom. The van der Waals surface area contributed by atoms with Gasteiger partial charge in [-0.25, -0.2) is 0 Å². The first-order valence-electron chi connectivity index (χ1n) is 7.09. The number of methoxy groups -OCH3 is 1. The molecule has 0 aromatic carbocycles. The highest BCUT2D eigenvalue weighted by Gasteiger charge is 2.15. The molecular formula is C14H29NOS. The van der Waals surface area contributed by atoms with E-state index in [9.17, 15) is 0 Å². The van der Waals surface area contributed by atoms with Crippen LogP contribution in [0.4, 0.5) is 0 Å². The molecule has 102 valence electrons. The van der Waals surface area contributed by atoms with Gasteiger partial charge in [0.1, 0.15) is 0 Å². The summed E-state index contributed by atoms with van der Waals surface area (Å²) in [5.74, 6) is 2.10. The first-order chi connectivity index (χ1) is 8.26. The second-order valence-corrected chi connectivity index (χ2v) is 6.75. The van der Waals surface area contributed by atoms with Crippen LogP contribution in [0.1, 0.15) is 39.5 Å². The fraction of sp³-hybridized carbons (Fsp3) is 1.00. The zero-order valence-electron chi connectivity index (χ0n) is 11.8. The van der Waals surface area contributed by atoms with Gasteiger partial charge < -0.3 is 9.64 Å². The minimum Gasteiger partial charge on any atom is -0.384 e. The zero-order valence-corrected chi connectivity index (χ0v) is 12.6. The molecule has 2 unspecified atom stereocenters. The molecule has 1 aliphatic rings. The van der Waals surface area contributed by atoms with Gasteiger partial charge in [-0.1, -0.05) is 26.7 Å². The Morgan fingerprint density at radius 3 is 2.88 bits per heavy atom. The Labute approximate surface area is 111 Å². The fourth-order valence-electron chi connectivity index (χ4n) is 2.50. The van der Waals surface area contributed by atoms with E-state index in [1.54, 1.807) is 0 Å². The zero-order chi connectivity index (χ0) is 12.5. The molecule has 1 rings (SSSR count). The molecule has 1 heterocycles. The third-order valence-electron chi connectivity index (χ3n) is 3.64. The van der Waals surface area contributed by atoms with Gasteiger partial charge in [-0.15, -0.1) is 0 Å². The lowest BCUT2D eigenvalue weighted by Gasteiger charge is -2.30. The lowest BCUT2D eigenvalue weighted by molar-refractivity contribution is 0.143. The van der Waals surface area contributed by atoms with Crippen molar-refractivity contribution in [3.8, 4) is 0 Å². The fourth-order valence-corrected chi connectivity index (χ4v) is 3.59. The van der Waals surface area contributed by atoms with Crippen molar-refractivity contribution in [3.63, 3.8) is 0 Å². The summed E-state index contributed by atoms with van der Waals surface area (Å²) in [6, 6.07) is 0. The van der Waals surface area contributed by atoms with Crippen LogP contribution in [0.15, 0.2) is 0 Å². The molecule has 2 nitrogen and oxygen atoms in total. The van der Waals surface area contributed by atoms with Crippen LogP contribution in [0.25, 0.3) is 0 Å². The van der Waals surface area contributed by atoms with Gasteiger partial charge in [0.05, 0.1) is 0 Å². The highest BCUT2D eigenvalue weighted by atomic mass is 32.2. The average molecular weight is 259 g/mol. The predicted octanol–water partition coefficient (Wildman–Crippen LogP) is 3.27. The van der Waals surface area contributed by atoms with E-state index in [1.807, 2.05) is 7.11 Å². The van der Waals surface area contributed by atoms with E-state index in [0.717, 1.165) is 17.8 Å². The SMILES string of the molecule is CCC(CCCCN1CCSC(C)C1)COC. The van der Waals surface area contributed by atoms with Crippen LogP contribution in [-0.4, -0.2) is 49.3 Å². The molecule has 1 aliphatic heterocycles. The van der Waals surface area contributed by atoms with Gasteiger partial charge in [0, 0.05) is 37.8 Å². The van der Waals surface area contributed by atoms with Crippen LogP contribution in [0, 0.1) is 5.92 Å².